The molecule has 1 fully saturated rings. The average molecular weight is 360 g/mol. The van der Waals surface area contributed by atoms with Crippen LogP contribution in [0, 0.1) is 0 Å². The van der Waals surface area contributed by atoms with Gasteiger partial charge in [-0.25, -0.2) is 12.7 Å². The minimum atomic E-state index is -4.06. The second-order valence-electron chi connectivity index (χ2n) is 3.56. The zero-order valence-electron chi connectivity index (χ0n) is 8.98. The van der Waals surface area contributed by atoms with Crippen LogP contribution in [0.1, 0.15) is 0 Å². The molecular formula is C9H5Cl3N2O3S2. The fourth-order valence-electron chi connectivity index (χ4n) is 1.44. The van der Waals surface area contributed by atoms with Gasteiger partial charge < -0.3 is 5.32 Å². The molecule has 19 heavy (non-hydrogen) atoms. The number of sulfonamides is 1. The number of amides is 1. The van der Waals surface area contributed by atoms with Gasteiger partial charge in [0.25, 0.3) is 10.0 Å². The van der Waals surface area contributed by atoms with Gasteiger partial charge in [0.15, 0.2) is 5.11 Å². The average Bonchev–Trinajstić information content (AvgIpc) is 2.63. The van der Waals surface area contributed by atoms with Crippen molar-refractivity contribution in [1.82, 2.24) is 9.62 Å². The third-order valence-corrected chi connectivity index (χ3v) is 5.67. The van der Waals surface area contributed by atoms with E-state index < -0.39 is 22.5 Å². The Bertz CT molecular complexity index is 690. The van der Waals surface area contributed by atoms with Gasteiger partial charge in [-0.15, -0.1) is 0 Å². The fourth-order valence-corrected chi connectivity index (χ4v) is 4.18. The van der Waals surface area contributed by atoms with E-state index in [2.05, 4.69) is 5.32 Å². The maximum Gasteiger partial charge on any atom is 0.268 e. The lowest BCUT2D eigenvalue weighted by Gasteiger charge is -2.17. The number of hydrogen-bond donors (Lipinski definition) is 1. The van der Waals surface area contributed by atoms with Gasteiger partial charge in [0.1, 0.15) is 11.4 Å². The van der Waals surface area contributed by atoms with Crippen LogP contribution >= 0.6 is 47.0 Å². The number of nitrogens with zero attached hydrogens (tertiary/aromatic N) is 1. The van der Waals surface area contributed by atoms with Gasteiger partial charge >= 0.3 is 0 Å². The largest absolute Gasteiger partial charge is 0.301 e. The van der Waals surface area contributed by atoms with Crippen molar-refractivity contribution in [2.75, 3.05) is 6.54 Å². The lowest BCUT2D eigenvalue weighted by molar-refractivity contribution is -0.118. The molecule has 102 valence electrons. The van der Waals surface area contributed by atoms with Crippen LogP contribution in [0.2, 0.25) is 15.1 Å². The summed E-state index contributed by atoms with van der Waals surface area (Å²) >= 11 is 22.1. The lowest BCUT2D eigenvalue weighted by atomic mass is 10.4. The first-order valence-corrected chi connectivity index (χ1v) is 7.73. The highest BCUT2D eigenvalue weighted by Crippen LogP contribution is 2.33. The van der Waals surface area contributed by atoms with Crippen molar-refractivity contribution in [3.05, 3.63) is 27.2 Å². The quantitative estimate of drug-likeness (QED) is 0.648. The Morgan fingerprint density at radius 2 is 1.74 bits per heavy atom. The summed E-state index contributed by atoms with van der Waals surface area (Å²) in [5.74, 6) is -0.509. The molecule has 0 radical (unpaired) electrons. The molecule has 1 aromatic carbocycles. The topological polar surface area (TPSA) is 66.5 Å². The van der Waals surface area contributed by atoms with Crippen LogP contribution in [0.3, 0.4) is 0 Å². The molecule has 0 bridgehead atoms. The van der Waals surface area contributed by atoms with Crippen LogP contribution in [0.5, 0.6) is 0 Å². The molecule has 1 aliphatic rings. The monoisotopic (exact) mass is 358 g/mol. The first-order chi connectivity index (χ1) is 8.73. The SMILES string of the molecule is O=C1CN(S(=O)(=O)c2cc(Cl)c(Cl)cc2Cl)C(=S)N1. The molecule has 1 aromatic rings. The van der Waals surface area contributed by atoms with Gasteiger partial charge in [-0.2, -0.15) is 0 Å². The highest BCUT2D eigenvalue weighted by Gasteiger charge is 2.36. The van der Waals surface area contributed by atoms with E-state index in [1.807, 2.05) is 0 Å². The Morgan fingerprint density at radius 3 is 2.26 bits per heavy atom. The number of halogens is 3. The summed E-state index contributed by atoms with van der Waals surface area (Å²) in [6.07, 6.45) is 0. The molecule has 1 aliphatic heterocycles. The summed E-state index contributed by atoms with van der Waals surface area (Å²) in [4.78, 5) is 10.9. The zero-order chi connectivity index (χ0) is 14.4. The molecule has 0 atom stereocenters. The molecule has 1 heterocycles. The van der Waals surface area contributed by atoms with Gasteiger partial charge in [0.2, 0.25) is 5.91 Å². The first-order valence-electron chi connectivity index (χ1n) is 4.74. The van der Waals surface area contributed by atoms with Crippen molar-refractivity contribution < 1.29 is 13.2 Å². The van der Waals surface area contributed by atoms with Crippen molar-refractivity contribution >= 4 is 68.1 Å². The maximum atomic E-state index is 12.3. The van der Waals surface area contributed by atoms with Crippen LogP contribution in [-0.4, -0.2) is 30.3 Å². The van der Waals surface area contributed by atoms with Crippen molar-refractivity contribution in [2.45, 2.75) is 4.90 Å². The van der Waals surface area contributed by atoms with Crippen LogP contribution in [0.4, 0.5) is 0 Å². The van der Waals surface area contributed by atoms with Crippen molar-refractivity contribution in [2.24, 2.45) is 0 Å². The Hall–Kier alpha value is -0.600. The number of carbonyl (C=O) groups is 1. The third kappa shape index (κ3) is 2.66. The number of thiocarbonyl (C=S) groups is 1. The van der Waals surface area contributed by atoms with Gasteiger partial charge in [-0.05, 0) is 24.4 Å². The summed E-state index contributed by atoms with van der Waals surface area (Å²) in [6.45, 7) is -0.391. The summed E-state index contributed by atoms with van der Waals surface area (Å²) in [5, 5.41) is 2.09. The Labute approximate surface area is 129 Å². The molecule has 1 N–H and O–H groups in total. The summed E-state index contributed by atoms with van der Waals surface area (Å²) in [5.41, 5.74) is 0. The number of hydrogen-bond acceptors (Lipinski definition) is 4. The number of benzene rings is 1. The van der Waals surface area contributed by atoms with Crippen LogP contribution in [-0.2, 0) is 14.8 Å². The standard InChI is InChI=1S/C9H5Cl3N2O3S2/c10-4-1-6(12)7(2-5(4)11)19(16,17)14-3-8(15)13-9(14)18/h1-2H,3H2,(H,13,15,18). The Kier molecular flexibility index (Phi) is 3.95. The molecule has 0 unspecified atom stereocenters. The van der Waals surface area contributed by atoms with E-state index in [-0.39, 0.29) is 25.1 Å². The molecule has 0 aromatic heterocycles. The predicted molar refractivity (Wildman–Crippen MR) is 76.1 cm³/mol. The van der Waals surface area contributed by atoms with Gasteiger partial charge in [0.05, 0.1) is 15.1 Å². The van der Waals surface area contributed by atoms with Crippen LogP contribution < -0.4 is 5.32 Å². The first kappa shape index (κ1) is 14.8. The number of nitrogens with one attached hydrogen (secondary N) is 1. The van der Waals surface area contributed by atoms with E-state index in [9.17, 15) is 13.2 Å². The normalized spacial score (nSPS) is 15.8. The Balaban J connectivity index is 2.55. The molecule has 0 saturated carbocycles. The van der Waals surface area contributed by atoms with Crippen LogP contribution in [0.25, 0.3) is 0 Å². The molecule has 1 saturated heterocycles. The summed E-state index contributed by atoms with van der Waals surface area (Å²) in [6, 6.07) is 2.33. The van der Waals surface area contributed by atoms with Crippen molar-refractivity contribution in [3.63, 3.8) is 0 Å². The van der Waals surface area contributed by atoms with E-state index in [1.54, 1.807) is 0 Å². The lowest BCUT2D eigenvalue weighted by Crippen LogP contribution is -2.34. The van der Waals surface area contributed by atoms with Gasteiger partial charge in [-0.3, -0.25) is 4.79 Å². The third-order valence-electron chi connectivity index (χ3n) is 2.30. The second kappa shape index (κ2) is 5.06. The summed E-state index contributed by atoms with van der Waals surface area (Å²) < 4.78 is 25.4. The maximum absolute atomic E-state index is 12.3. The smallest absolute Gasteiger partial charge is 0.268 e. The van der Waals surface area contributed by atoms with E-state index in [0.29, 0.717) is 0 Å². The van der Waals surface area contributed by atoms with E-state index in [4.69, 9.17) is 47.0 Å². The van der Waals surface area contributed by atoms with Crippen molar-refractivity contribution in [1.29, 1.82) is 0 Å². The molecular weight excluding hydrogens is 355 g/mol. The minimum Gasteiger partial charge on any atom is -0.301 e. The van der Waals surface area contributed by atoms with E-state index in [0.717, 1.165) is 10.4 Å². The highest BCUT2D eigenvalue weighted by atomic mass is 35.5. The highest BCUT2D eigenvalue weighted by molar-refractivity contribution is 7.91. The summed E-state index contributed by atoms with van der Waals surface area (Å²) in [7, 11) is -4.06. The predicted octanol–water partition coefficient (Wildman–Crippen LogP) is 2.05. The molecule has 0 aliphatic carbocycles. The number of carbonyl (C=O) groups excluding carboxylic acids is 1. The van der Waals surface area contributed by atoms with Crippen LogP contribution in [0.15, 0.2) is 17.0 Å². The molecule has 2 rings (SSSR count). The fraction of sp³-hybridized carbons (Fsp3) is 0.111. The molecule has 0 spiro atoms. The molecule has 5 nitrogen and oxygen atoms in total. The van der Waals surface area contributed by atoms with Gasteiger partial charge in [-0.1, -0.05) is 34.8 Å². The molecule has 10 heteroatoms. The van der Waals surface area contributed by atoms with Gasteiger partial charge in [0, 0.05) is 0 Å². The number of rotatable bonds is 2. The van der Waals surface area contributed by atoms with E-state index in [1.165, 1.54) is 6.07 Å². The minimum absolute atomic E-state index is 0.0362. The molecule has 1 amide bonds. The van der Waals surface area contributed by atoms with E-state index >= 15 is 0 Å². The Morgan fingerprint density at radius 1 is 1.16 bits per heavy atom. The van der Waals surface area contributed by atoms with Crippen molar-refractivity contribution in [3.8, 4) is 0 Å². The second-order valence-corrected chi connectivity index (χ2v) is 7.00. The zero-order valence-corrected chi connectivity index (χ0v) is 12.9.